The maximum Gasteiger partial charge on any atom is 0.0158 e. The molecule has 1 aliphatic heterocycles. The van der Waals surface area contributed by atoms with Crippen LogP contribution in [-0.4, -0.2) is 24.6 Å². The van der Waals surface area contributed by atoms with Gasteiger partial charge in [-0.05, 0) is 25.6 Å². The van der Waals surface area contributed by atoms with E-state index in [0.29, 0.717) is 0 Å². The molecule has 1 atom stereocenters. The first-order valence-corrected chi connectivity index (χ1v) is 4.55. The summed E-state index contributed by atoms with van der Waals surface area (Å²) < 4.78 is 0. The second-order valence-corrected chi connectivity index (χ2v) is 3.16. The third kappa shape index (κ3) is 1.67. The fourth-order valence-electron chi connectivity index (χ4n) is 1.10. The first-order chi connectivity index (χ1) is 3.93. The Kier molecular flexibility index (Phi) is 2.70. The van der Waals surface area contributed by atoms with Crippen LogP contribution < -0.4 is 5.32 Å². The van der Waals surface area contributed by atoms with E-state index in [1.165, 1.54) is 25.1 Å². The fraction of sp³-hybridized carbons (Fsp3) is 1.00. The van der Waals surface area contributed by atoms with Crippen molar-refractivity contribution >= 4 is 11.8 Å². The van der Waals surface area contributed by atoms with Gasteiger partial charge in [0.25, 0.3) is 0 Å². The fourth-order valence-corrected chi connectivity index (χ4v) is 1.79. The summed E-state index contributed by atoms with van der Waals surface area (Å²) in [6.07, 6.45) is 4.94. The minimum Gasteiger partial charge on any atom is -0.313 e. The van der Waals surface area contributed by atoms with E-state index in [-0.39, 0.29) is 0 Å². The molecule has 1 heterocycles. The van der Waals surface area contributed by atoms with E-state index < -0.39 is 0 Å². The Hall–Kier alpha value is 0.310. The predicted molar refractivity (Wildman–Crippen MR) is 39.4 cm³/mol. The molecule has 1 nitrogen and oxygen atoms in total. The van der Waals surface area contributed by atoms with Crippen LogP contribution in [0.25, 0.3) is 0 Å². The van der Waals surface area contributed by atoms with Gasteiger partial charge in [-0.25, -0.2) is 0 Å². The Bertz CT molecular complexity index is 59.5. The molecule has 0 aromatic rings. The molecule has 48 valence electrons. The van der Waals surface area contributed by atoms with Gasteiger partial charge in [0.05, 0.1) is 0 Å². The topological polar surface area (TPSA) is 12.0 Å². The lowest BCUT2D eigenvalue weighted by Crippen LogP contribution is -2.23. The summed E-state index contributed by atoms with van der Waals surface area (Å²) in [5.74, 6) is 1.29. The standard InChI is InChI=1S/C6H13NS/c1-8-5-6-3-2-4-7-6/h6-7H,2-5H2,1H3/t6-/m1/s1. The maximum absolute atomic E-state index is 3.44. The minimum atomic E-state index is 0.824. The summed E-state index contributed by atoms with van der Waals surface area (Å²) in [5.41, 5.74) is 0. The van der Waals surface area contributed by atoms with Crippen molar-refractivity contribution in [2.45, 2.75) is 18.9 Å². The third-order valence-electron chi connectivity index (χ3n) is 1.53. The highest BCUT2D eigenvalue weighted by atomic mass is 32.2. The summed E-state index contributed by atoms with van der Waals surface area (Å²) in [7, 11) is 0. The Morgan fingerprint density at radius 3 is 3.12 bits per heavy atom. The van der Waals surface area contributed by atoms with Gasteiger partial charge in [-0.2, -0.15) is 11.8 Å². The lowest BCUT2D eigenvalue weighted by atomic mass is 10.3. The Morgan fingerprint density at radius 2 is 2.62 bits per heavy atom. The maximum atomic E-state index is 3.44. The van der Waals surface area contributed by atoms with Crippen LogP contribution in [0.15, 0.2) is 0 Å². The zero-order valence-corrected chi connectivity index (χ0v) is 6.13. The molecule has 0 amide bonds. The average molecular weight is 131 g/mol. The first-order valence-electron chi connectivity index (χ1n) is 3.16. The Labute approximate surface area is 55.2 Å². The second-order valence-electron chi connectivity index (χ2n) is 2.25. The summed E-state index contributed by atoms with van der Waals surface area (Å²) in [6.45, 7) is 1.24. The van der Waals surface area contributed by atoms with Gasteiger partial charge in [-0.1, -0.05) is 0 Å². The van der Waals surface area contributed by atoms with Gasteiger partial charge in [0, 0.05) is 11.8 Å². The molecule has 1 saturated heterocycles. The molecule has 0 bridgehead atoms. The molecule has 0 aromatic heterocycles. The average Bonchev–Trinajstić information content (AvgIpc) is 2.19. The van der Waals surface area contributed by atoms with Crippen LogP contribution in [0, 0.1) is 0 Å². The molecule has 1 fully saturated rings. The highest BCUT2D eigenvalue weighted by Gasteiger charge is 2.11. The molecule has 0 radical (unpaired) electrons. The van der Waals surface area contributed by atoms with Gasteiger partial charge in [0.15, 0.2) is 0 Å². The van der Waals surface area contributed by atoms with Crippen LogP contribution in [-0.2, 0) is 0 Å². The van der Waals surface area contributed by atoms with Gasteiger partial charge in [-0.15, -0.1) is 0 Å². The van der Waals surface area contributed by atoms with Crippen LogP contribution in [0.1, 0.15) is 12.8 Å². The van der Waals surface area contributed by atoms with Crippen LogP contribution in [0.4, 0.5) is 0 Å². The molecule has 0 aliphatic carbocycles. The molecule has 1 aliphatic rings. The zero-order chi connectivity index (χ0) is 5.82. The molecular weight excluding hydrogens is 118 g/mol. The SMILES string of the molecule is CSC[C@H]1CCCN1. The van der Waals surface area contributed by atoms with Crippen molar-refractivity contribution in [1.82, 2.24) is 5.32 Å². The molecule has 0 unspecified atom stereocenters. The molecule has 0 spiro atoms. The van der Waals surface area contributed by atoms with Crippen LogP contribution in [0.3, 0.4) is 0 Å². The summed E-state index contributed by atoms with van der Waals surface area (Å²) in [5, 5.41) is 3.44. The number of thioether (sulfide) groups is 1. The number of hydrogen-bond donors (Lipinski definition) is 1. The van der Waals surface area contributed by atoms with Gasteiger partial charge in [0.2, 0.25) is 0 Å². The second kappa shape index (κ2) is 3.36. The molecule has 2 heteroatoms. The predicted octanol–water partition coefficient (Wildman–Crippen LogP) is 1.10. The highest BCUT2D eigenvalue weighted by Crippen LogP contribution is 2.08. The van der Waals surface area contributed by atoms with E-state index in [4.69, 9.17) is 0 Å². The van der Waals surface area contributed by atoms with Gasteiger partial charge < -0.3 is 5.32 Å². The summed E-state index contributed by atoms with van der Waals surface area (Å²) >= 11 is 1.94. The summed E-state index contributed by atoms with van der Waals surface area (Å²) in [6, 6.07) is 0.824. The largest absolute Gasteiger partial charge is 0.313 e. The molecule has 0 saturated carbocycles. The highest BCUT2D eigenvalue weighted by molar-refractivity contribution is 7.98. The van der Waals surface area contributed by atoms with Crippen molar-refractivity contribution in [3.05, 3.63) is 0 Å². The van der Waals surface area contributed by atoms with E-state index in [1.54, 1.807) is 0 Å². The van der Waals surface area contributed by atoms with Crippen molar-refractivity contribution in [1.29, 1.82) is 0 Å². The first kappa shape index (κ1) is 6.43. The van der Waals surface area contributed by atoms with Crippen LogP contribution in [0.5, 0.6) is 0 Å². The minimum absolute atomic E-state index is 0.824. The van der Waals surface area contributed by atoms with E-state index in [0.717, 1.165) is 6.04 Å². The molecule has 1 rings (SSSR count). The van der Waals surface area contributed by atoms with Crippen molar-refractivity contribution in [3.8, 4) is 0 Å². The third-order valence-corrected chi connectivity index (χ3v) is 2.27. The molecule has 8 heavy (non-hydrogen) atoms. The van der Waals surface area contributed by atoms with Crippen LogP contribution in [0.2, 0.25) is 0 Å². The zero-order valence-electron chi connectivity index (χ0n) is 5.31. The number of nitrogens with one attached hydrogen (secondary N) is 1. The molecule has 0 aromatic carbocycles. The van der Waals surface area contributed by atoms with E-state index in [2.05, 4.69) is 11.6 Å². The van der Waals surface area contributed by atoms with Crippen molar-refractivity contribution in [2.75, 3.05) is 18.6 Å². The quantitative estimate of drug-likeness (QED) is 0.602. The Morgan fingerprint density at radius 1 is 1.75 bits per heavy atom. The van der Waals surface area contributed by atoms with Gasteiger partial charge in [0.1, 0.15) is 0 Å². The lowest BCUT2D eigenvalue weighted by molar-refractivity contribution is 0.674. The van der Waals surface area contributed by atoms with Crippen molar-refractivity contribution < 1.29 is 0 Å². The molecular formula is C6H13NS. The normalized spacial score (nSPS) is 28.9. The van der Waals surface area contributed by atoms with Crippen molar-refractivity contribution in [2.24, 2.45) is 0 Å². The van der Waals surface area contributed by atoms with E-state index >= 15 is 0 Å². The van der Waals surface area contributed by atoms with Gasteiger partial charge >= 0.3 is 0 Å². The van der Waals surface area contributed by atoms with Gasteiger partial charge in [-0.3, -0.25) is 0 Å². The van der Waals surface area contributed by atoms with Crippen LogP contribution >= 0.6 is 11.8 Å². The smallest absolute Gasteiger partial charge is 0.0158 e. The number of rotatable bonds is 2. The summed E-state index contributed by atoms with van der Waals surface area (Å²) in [4.78, 5) is 0. The monoisotopic (exact) mass is 131 g/mol. The molecule has 1 N–H and O–H groups in total. The lowest BCUT2D eigenvalue weighted by Gasteiger charge is -2.05. The van der Waals surface area contributed by atoms with E-state index in [9.17, 15) is 0 Å². The number of hydrogen-bond acceptors (Lipinski definition) is 2. The van der Waals surface area contributed by atoms with E-state index in [1.807, 2.05) is 11.8 Å². The Balaban J connectivity index is 2.06. The van der Waals surface area contributed by atoms with Crippen molar-refractivity contribution in [3.63, 3.8) is 0 Å².